The van der Waals surface area contributed by atoms with E-state index in [0.717, 1.165) is 11.1 Å². The topological polar surface area (TPSA) is 55.5 Å². The Morgan fingerprint density at radius 3 is 2.83 bits per heavy atom. The third kappa shape index (κ3) is 1.96. The van der Waals surface area contributed by atoms with Crippen LogP contribution in [0.4, 0.5) is 0 Å². The Morgan fingerprint density at radius 1 is 1.50 bits per heavy atom. The molecule has 12 heavy (non-hydrogen) atoms. The molecule has 0 saturated carbocycles. The summed E-state index contributed by atoms with van der Waals surface area (Å²) in [6.45, 7) is 0.899. The maximum absolute atomic E-state index is 9.34. The van der Waals surface area contributed by atoms with E-state index in [9.17, 15) is 5.11 Å². The lowest BCUT2D eigenvalue weighted by Crippen LogP contribution is -1.97. The van der Waals surface area contributed by atoms with Crippen molar-refractivity contribution in [3.05, 3.63) is 29.3 Å². The van der Waals surface area contributed by atoms with Crippen molar-refractivity contribution < 1.29 is 9.84 Å². The Kier molecular flexibility index (Phi) is 3.08. The predicted molar refractivity (Wildman–Crippen MR) is 46.7 cm³/mol. The van der Waals surface area contributed by atoms with Gasteiger partial charge in [0.2, 0.25) is 0 Å². The number of ether oxygens (including phenoxy) is 1. The van der Waals surface area contributed by atoms with E-state index in [1.807, 2.05) is 6.07 Å². The van der Waals surface area contributed by atoms with Crippen LogP contribution in [-0.4, -0.2) is 12.2 Å². The van der Waals surface area contributed by atoms with Crippen LogP contribution in [0.3, 0.4) is 0 Å². The molecule has 0 heterocycles. The number of rotatable bonds is 3. The Bertz CT molecular complexity index is 261. The van der Waals surface area contributed by atoms with Crippen molar-refractivity contribution in [1.82, 2.24) is 0 Å². The fourth-order valence-corrected chi connectivity index (χ4v) is 1.04. The molecule has 1 rings (SSSR count). The zero-order valence-corrected chi connectivity index (χ0v) is 7.08. The van der Waals surface area contributed by atoms with Gasteiger partial charge in [0.15, 0.2) is 0 Å². The Morgan fingerprint density at radius 2 is 2.25 bits per heavy atom. The summed E-state index contributed by atoms with van der Waals surface area (Å²) in [5, 5.41) is 9.34. The summed E-state index contributed by atoms with van der Waals surface area (Å²) in [5.41, 5.74) is 7.22. The monoisotopic (exact) mass is 167 g/mol. The molecular weight excluding hydrogens is 154 g/mol. The summed E-state index contributed by atoms with van der Waals surface area (Å²) in [4.78, 5) is 0. The lowest BCUT2D eigenvalue weighted by Gasteiger charge is -2.04. The first-order chi connectivity index (χ1) is 5.77. The second kappa shape index (κ2) is 4.09. The van der Waals surface area contributed by atoms with Gasteiger partial charge in [0.05, 0.1) is 6.61 Å². The van der Waals surface area contributed by atoms with Crippen LogP contribution < -0.4 is 5.73 Å². The van der Waals surface area contributed by atoms with Crippen LogP contribution in [-0.2, 0) is 17.9 Å². The van der Waals surface area contributed by atoms with Crippen LogP contribution >= 0.6 is 0 Å². The van der Waals surface area contributed by atoms with Crippen LogP contribution in [0.1, 0.15) is 11.1 Å². The summed E-state index contributed by atoms with van der Waals surface area (Å²) in [6, 6.07) is 5.28. The molecule has 0 amide bonds. The van der Waals surface area contributed by atoms with Gasteiger partial charge in [-0.15, -0.1) is 0 Å². The van der Waals surface area contributed by atoms with Crippen LogP contribution in [0.5, 0.6) is 5.75 Å². The SMILES string of the molecule is COCc1cc(CN)ccc1O. The first-order valence-electron chi connectivity index (χ1n) is 3.77. The normalized spacial score (nSPS) is 10.2. The fourth-order valence-electron chi connectivity index (χ4n) is 1.04. The molecule has 3 nitrogen and oxygen atoms in total. The van der Waals surface area contributed by atoms with Crippen LogP contribution in [0.15, 0.2) is 18.2 Å². The summed E-state index contributed by atoms with van der Waals surface area (Å²) in [5.74, 6) is 0.258. The van der Waals surface area contributed by atoms with E-state index < -0.39 is 0 Å². The molecule has 0 saturated heterocycles. The number of phenolic OH excluding ortho intramolecular Hbond substituents is 1. The molecule has 0 atom stereocenters. The van der Waals surface area contributed by atoms with E-state index in [4.69, 9.17) is 10.5 Å². The maximum Gasteiger partial charge on any atom is 0.121 e. The molecule has 1 aromatic carbocycles. The lowest BCUT2D eigenvalue weighted by molar-refractivity contribution is 0.182. The zero-order valence-electron chi connectivity index (χ0n) is 7.08. The van der Waals surface area contributed by atoms with Crippen molar-refractivity contribution >= 4 is 0 Å². The van der Waals surface area contributed by atoms with Gasteiger partial charge in [-0.2, -0.15) is 0 Å². The molecule has 1 aromatic rings. The van der Waals surface area contributed by atoms with E-state index in [1.165, 1.54) is 0 Å². The molecular formula is C9H13NO2. The summed E-state index contributed by atoms with van der Waals surface area (Å²) < 4.78 is 4.91. The van der Waals surface area contributed by atoms with Gasteiger partial charge in [-0.3, -0.25) is 0 Å². The van der Waals surface area contributed by atoms with E-state index in [2.05, 4.69) is 0 Å². The number of phenols is 1. The van der Waals surface area contributed by atoms with Gasteiger partial charge in [0.25, 0.3) is 0 Å². The van der Waals surface area contributed by atoms with Crippen LogP contribution in [0.2, 0.25) is 0 Å². The second-order valence-electron chi connectivity index (χ2n) is 2.60. The van der Waals surface area contributed by atoms with Gasteiger partial charge in [-0.25, -0.2) is 0 Å². The smallest absolute Gasteiger partial charge is 0.121 e. The second-order valence-corrected chi connectivity index (χ2v) is 2.60. The largest absolute Gasteiger partial charge is 0.508 e. The van der Waals surface area contributed by atoms with Gasteiger partial charge >= 0.3 is 0 Å². The standard InChI is InChI=1S/C9H13NO2/c1-12-6-8-4-7(5-10)2-3-9(8)11/h2-4,11H,5-6,10H2,1H3. The molecule has 0 radical (unpaired) electrons. The number of nitrogens with two attached hydrogens (primary N) is 1. The van der Waals surface area contributed by atoms with E-state index in [0.29, 0.717) is 13.2 Å². The van der Waals surface area contributed by atoms with Crippen molar-refractivity contribution in [2.24, 2.45) is 5.73 Å². The van der Waals surface area contributed by atoms with Crippen molar-refractivity contribution in [2.75, 3.05) is 7.11 Å². The summed E-state index contributed by atoms with van der Waals surface area (Å²) >= 11 is 0. The molecule has 0 aliphatic heterocycles. The molecule has 0 aliphatic rings. The molecule has 3 N–H and O–H groups in total. The first kappa shape index (κ1) is 9.03. The van der Waals surface area contributed by atoms with Gasteiger partial charge in [-0.1, -0.05) is 6.07 Å². The maximum atomic E-state index is 9.34. The molecule has 0 aliphatic carbocycles. The Labute approximate surface area is 71.8 Å². The first-order valence-corrected chi connectivity index (χ1v) is 3.77. The highest BCUT2D eigenvalue weighted by Crippen LogP contribution is 2.18. The van der Waals surface area contributed by atoms with Gasteiger partial charge in [0.1, 0.15) is 5.75 Å². The minimum Gasteiger partial charge on any atom is -0.508 e. The van der Waals surface area contributed by atoms with Crippen LogP contribution in [0.25, 0.3) is 0 Å². The van der Waals surface area contributed by atoms with Gasteiger partial charge < -0.3 is 15.6 Å². The molecule has 3 heteroatoms. The van der Waals surface area contributed by atoms with Crippen molar-refractivity contribution in [3.63, 3.8) is 0 Å². The van der Waals surface area contributed by atoms with Crippen molar-refractivity contribution in [3.8, 4) is 5.75 Å². The summed E-state index contributed by atoms with van der Waals surface area (Å²) in [6.07, 6.45) is 0. The average molecular weight is 167 g/mol. The highest BCUT2D eigenvalue weighted by Gasteiger charge is 2.00. The van der Waals surface area contributed by atoms with E-state index in [-0.39, 0.29) is 5.75 Å². The summed E-state index contributed by atoms with van der Waals surface area (Å²) in [7, 11) is 1.59. The number of benzene rings is 1. The third-order valence-electron chi connectivity index (χ3n) is 1.68. The highest BCUT2D eigenvalue weighted by molar-refractivity contribution is 5.35. The molecule has 0 bridgehead atoms. The molecule has 0 fully saturated rings. The number of aromatic hydroxyl groups is 1. The third-order valence-corrected chi connectivity index (χ3v) is 1.68. The van der Waals surface area contributed by atoms with E-state index >= 15 is 0 Å². The molecule has 0 unspecified atom stereocenters. The van der Waals surface area contributed by atoms with Gasteiger partial charge in [0, 0.05) is 19.2 Å². The average Bonchev–Trinajstić information content (AvgIpc) is 2.09. The highest BCUT2D eigenvalue weighted by atomic mass is 16.5. The minimum absolute atomic E-state index is 0.258. The van der Waals surface area contributed by atoms with E-state index in [1.54, 1.807) is 19.2 Å². The number of hydrogen-bond donors (Lipinski definition) is 2. The zero-order chi connectivity index (χ0) is 8.97. The molecule has 0 spiro atoms. The quantitative estimate of drug-likeness (QED) is 0.706. The van der Waals surface area contributed by atoms with Crippen molar-refractivity contribution in [1.29, 1.82) is 0 Å². The Balaban J connectivity index is 2.91. The van der Waals surface area contributed by atoms with Crippen LogP contribution in [0, 0.1) is 0 Å². The molecule has 0 aromatic heterocycles. The lowest BCUT2D eigenvalue weighted by atomic mass is 10.1. The van der Waals surface area contributed by atoms with Crippen molar-refractivity contribution in [2.45, 2.75) is 13.2 Å². The minimum atomic E-state index is 0.258. The molecule has 66 valence electrons. The number of hydrogen-bond acceptors (Lipinski definition) is 3. The Hall–Kier alpha value is -1.06. The predicted octanol–water partition coefficient (Wildman–Crippen LogP) is 0.997. The van der Waals surface area contributed by atoms with Gasteiger partial charge in [-0.05, 0) is 17.7 Å². The number of methoxy groups -OCH3 is 1. The fraction of sp³-hybridized carbons (Fsp3) is 0.333.